The summed E-state index contributed by atoms with van der Waals surface area (Å²) in [5, 5.41) is 10.0. The third-order valence-corrected chi connectivity index (χ3v) is 6.28. The lowest BCUT2D eigenvalue weighted by Gasteiger charge is -2.36. The highest BCUT2D eigenvalue weighted by Gasteiger charge is 2.25. The number of pyridine rings is 1. The fourth-order valence-corrected chi connectivity index (χ4v) is 4.44. The molecule has 0 atom stereocenters. The molecule has 0 bridgehead atoms. The van der Waals surface area contributed by atoms with Crippen LogP contribution in [0.3, 0.4) is 0 Å². The van der Waals surface area contributed by atoms with Crippen molar-refractivity contribution in [1.82, 2.24) is 9.88 Å². The summed E-state index contributed by atoms with van der Waals surface area (Å²) < 4.78 is 18.8. The minimum absolute atomic E-state index is 0.244. The van der Waals surface area contributed by atoms with Gasteiger partial charge in [-0.3, -0.25) is 4.90 Å². The zero-order valence-corrected chi connectivity index (χ0v) is 19.7. The Morgan fingerprint density at radius 3 is 2.14 bits per heavy atom. The number of piperazine rings is 1. The van der Waals surface area contributed by atoms with E-state index in [0.29, 0.717) is 36.0 Å². The van der Waals surface area contributed by atoms with E-state index < -0.39 is 5.97 Å². The second kappa shape index (κ2) is 10.6. The Hall–Kier alpha value is -4.23. The highest BCUT2D eigenvalue weighted by Crippen LogP contribution is 2.30. The van der Waals surface area contributed by atoms with Crippen molar-refractivity contribution in [2.45, 2.75) is 6.54 Å². The van der Waals surface area contributed by atoms with E-state index in [1.165, 1.54) is 12.1 Å². The van der Waals surface area contributed by atoms with Gasteiger partial charge in [-0.2, -0.15) is 0 Å². The zero-order valence-electron chi connectivity index (χ0n) is 19.7. The molecule has 1 aliphatic rings. The lowest BCUT2D eigenvalue weighted by molar-refractivity contribution is 0.0697. The molecule has 5 rings (SSSR count). The Balaban J connectivity index is 1.22. The number of benzene rings is 3. The molecular formula is C29H26FN3O3. The number of ether oxygens (including phenoxy) is 1. The topological polar surface area (TPSA) is 65.9 Å². The van der Waals surface area contributed by atoms with Gasteiger partial charge in [0.2, 0.25) is 0 Å². The molecular weight excluding hydrogens is 457 g/mol. The number of aromatic nitrogens is 1. The van der Waals surface area contributed by atoms with Crippen LogP contribution < -0.4 is 9.64 Å². The second-order valence-electron chi connectivity index (χ2n) is 8.69. The second-order valence-corrected chi connectivity index (χ2v) is 8.69. The van der Waals surface area contributed by atoms with Crippen molar-refractivity contribution in [2.75, 3.05) is 31.1 Å². The van der Waals surface area contributed by atoms with Gasteiger partial charge in [-0.1, -0.05) is 42.5 Å². The van der Waals surface area contributed by atoms with E-state index in [2.05, 4.69) is 14.8 Å². The first-order valence-corrected chi connectivity index (χ1v) is 11.8. The first-order chi connectivity index (χ1) is 17.6. The van der Waals surface area contributed by atoms with Gasteiger partial charge < -0.3 is 14.7 Å². The van der Waals surface area contributed by atoms with Crippen molar-refractivity contribution in [3.05, 3.63) is 108 Å². The lowest BCUT2D eigenvalue weighted by atomic mass is 10.0. The van der Waals surface area contributed by atoms with Crippen molar-refractivity contribution < 1.29 is 19.0 Å². The Morgan fingerprint density at radius 1 is 0.861 bits per heavy atom. The predicted molar refractivity (Wildman–Crippen MR) is 137 cm³/mol. The summed E-state index contributed by atoms with van der Waals surface area (Å²) in [6, 6.07) is 25.1. The molecule has 3 aromatic carbocycles. The van der Waals surface area contributed by atoms with Crippen molar-refractivity contribution >= 4 is 11.8 Å². The van der Waals surface area contributed by atoms with Gasteiger partial charge in [-0.25, -0.2) is 14.2 Å². The third kappa shape index (κ3) is 5.37. The number of hydrogen-bond donors (Lipinski definition) is 1. The molecule has 1 aliphatic heterocycles. The predicted octanol–water partition coefficient (Wildman–Crippen LogP) is 5.70. The maximum Gasteiger partial charge on any atom is 0.340 e. The summed E-state index contributed by atoms with van der Waals surface area (Å²) in [5.41, 5.74) is 2.95. The van der Waals surface area contributed by atoms with Crippen LogP contribution in [0.25, 0.3) is 11.1 Å². The Bertz CT molecular complexity index is 1320. The summed E-state index contributed by atoms with van der Waals surface area (Å²) in [6.07, 6.45) is 1.69. The maximum atomic E-state index is 13.1. The molecule has 2 heterocycles. The Morgan fingerprint density at radius 2 is 1.50 bits per heavy atom. The van der Waals surface area contributed by atoms with Crippen LogP contribution in [0.15, 0.2) is 91.1 Å². The molecule has 1 aromatic heterocycles. The van der Waals surface area contributed by atoms with Crippen LogP contribution in [0, 0.1) is 5.82 Å². The molecule has 1 N–H and O–H groups in total. The fourth-order valence-electron chi connectivity index (χ4n) is 4.44. The smallest absolute Gasteiger partial charge is 0.340 e. The number of aromatic carboxylic acids is 1. The van der Waals surface area contributed by atoms with Gasteiger partial charge in [0, 0.05) is 44.5 Å². The number of halogens is 1. The highest BCUT2D eigenvalue weighted by atomic mass is 19.1. The van der Waals surface area contributed by atoms with E-state index in [0.717, 1.165) is 30.8 Å². The van der Waals surface area contributed by atoms with Gasteiger partial charge in [0.25, 0.3) is 0 Å². The summed E-state index contributed by atoms with van der Waals surface area (Å²) in [4.78, 5) is 21.1. The number of anilines is 1. The number of nitrogens with zero attached hydrogens (tertiary/aromatic N) is 3. The summed E-state index contributed by atoms with van der Waals surface area (Å²) >= 11 is 0. The molecule has 182 valence electrons. The zero-order chi connectivity index (χ0) is 24.9. The monoisotopic (exact) mass is 483 g/mol. The van der Waals surface area contributed by atoms with E-state index in [9.17, 15) is 14.3 Å². The van der Waals surface area contributed by atoms with Crippen LogP contribution >= 0.6 is 0 Å². The Kier molecular flexibility index (Phi) is 6.91. The van der Waals surface area contributed by atoms with Crippen molar-refractivity contribution in [3.8, 4) is 22.6 Å². The van der Waals surface area contributed by atoms with Gasteiger partial charge in [-0.05, 0) is 53.6 Å². The van der Waals surface area contributed by atoms with Gasteiger partial charge in [0.05, 0.1) is 0 Å². The largest absolute Gasteiger partial charge is 0.478 e. The van der Waals surface area contributed by atoms with Crippen molar-refractivity contribution in [1.29, 1.82) is 0 Å². The van der Waals surface area contributed by atoms with Crippen LogP contribution in [0.5, 0.6) is 11.5 Å². The molecule has 0 unspecified atom stereocenters. The molecule has 7 heteroatoms. The number of carbonyl (C=O) groups is 1. The minimum Gasteiger partial charge on any atom is -0.478 e. The van der Waals surface area contributed by atoms with Crippen molar-refractivity contribution in [3.63, 3.8) is 0 Å². The third-order valence-electron chi connectivity index (χ3n) is 6.28. The number of rotatable bonds is 7. The average Bonchev–Trinajstić information content (AvgIpc) is 2.91. The minimum atomic E-state index is -0.970. The van der Waals surface area contributed by atoms with Crippen LogP contribution in [0.2, 0.25) is 0 Å². The number of hydrogen-bond acceptors (Lipinski definition) is 5. The van der Waals surface area contributed by atoms with Gasteiger partial charge in [-0.15, -0.1) is 0 Å². The van der Waals surface area contributed by atoms with Gasteiger partial charge >= 0.3 is 5.97 Å². The molecule has 4 aromatic rings. The first kappa shape index (κ1) is 23.5. The quantitative estimate of drug-likeness (QED) is 0.364. The molecule has 0 amide bonds. The maximum absolute atomic E-state index is 13.1. The number of carboxylic acids is 1. The van der Waals surface area contributed by atoms with Crippen LogP contribution in [0.1, 0.15) is 15.9 Å². The van der Waals surface area contributed by atoms with E-state index in [1.807, 2.05) is 54.6 Å². The highest BCUT2D eigenvalue weighted by molar-refractivity contribution is 6.01. The van der Waals surface area contributed by atoms with E-state index in [-0.39, 0.29) is 11.4 Å². The van der Waals surface area contributed by atoms with Crippen LogP contribution in [0.4, 0.5) is 10.2 Å². The van der Waals surface area contributed by atoms with E-state index in [4.69, 9.17) is 4.74 Å². The molecule has 0 saturated carbocycles. The summed E-state index contributed by atoms with van der Waals surface area (Å²) in [7, 11) is 0. The average molecular weight is 484 g/mol. The first-order valence-electron chi connectivity index (χ1n) is 11.8. The van der Waals surface area contributed by atoms with Gasteiger partial charge in [0.1, 0.15) is 28.7 Å². The molecule has 36 heavy (non-hydrogen) atoms. The number of carboxylic acid groups (broad SMARTS) is 1. The fraction of sp³-hybridized carbons (Fsp3) is 0.172. The molecule has 6 nitrogen and oxygen atoms in total. The summed E-state index contributed by atoms with van der Waals surface area (Å²) in [5.74, 6) is 0.538. The van der Waals surface area contributed by atoms with Crippen molar-refractivity contribution in [2.24, 2.45) is 0 Å². The standard InChI is InChI=1S/C29H26FN3O3/c30-23-8-12-25(13-9-23)36-24-10-6-21(7-11-24)20-32-16-18-33(19-17-32)28-27(29(34)35)26(14-15-31-28)22-4-2-1-3-5-22/h1-15H,16-20H2,(H,34,35). The molecule has 0 radical (unpaired) electrons. The van der Waals surface area contributed by atoms with Gasteiger partial charge in [0.15, 0.2) is 0 Å². The molecule has 0 aliphatic carbocycles. The summed E-state index contributed by atoms with van der Waals surface area (Å²) in [6.45, 7) is 3.76. The lowest BCUT2D eigenvalue weighted by Crippen LogP contribution is -2.46. The van der Waals surface area contributed by atoms with Crippen LogP contribution in [-0.2, 0) is 6.54 Å². The Labute approximate surface area is 209 Å². The van der Waals surface area contributed by atoms with Crippen LogP contribution in [-0.4, -0.2) is 47.1 Å². The molecule has 1 saturated heterocycles. The molecule has 0 spiro atoms. The van der Waals surface area contributed by atoms with E-state index in [1.54, 1.807) is 24.4 Å². The SMILES string of the molecule is O=C(O)c1c(-c2ccccc2)ccnc1N1CCN(Cc2ccc(Oc3ccc(F)cc3)cc2)CC1. The molecule has 1 fully saturated rings. The normalized spacial score (nSPS) is 14.0. The van der Waals surface area contributed by atoms with E-state index >= 15 is 0 Å².